The van der Waals surface area contributed by atoms with Crippen LogP contribution in [0.3, 0.4) is 0 Å². The number of rotatable bonds is 5. The van der Waals surface area contributed by atoms with Crippen LogP contribution in [-0.4, -0.2) is 33.4 Å². The number of nitrogens with two attached hydrogens (primary N) is 1. The molecule has 0 spiro atoms. The smallest absolute Gasteiger partial charge is 0.203 e. The van der Waals surface area contributed by atoms with E-state index < -0.39 is 0 Å². The molecule has 0 aliphatic rings. The summed E-state index contributed by atoms with van der Waals surface area (Å²) in [7, 11) is 3.46. The van der Waals surface area contributed by atoms with Gasteiger partial charge in [-0.15, -0.1) is 0 Å². The number of hydrogen-bond donors (Lipinski definition) is 2. The third kappa shape index (κ3) is 2.50. The van der Waals surface area contributed by atoms with Crippen LogP contribution in [0.2, 0.25) is 0 Å². The molecule has 0 radical (unpaired) electrons. The van der Waals surface area contributed by atoms with Crippen LogP contribution in [0.1, 0.15) is 5.69 Å². The highest BCUT2D eigenvalue weighted by Crippen LogP contribution is 2.25. The largest absolute Gasteiger partial charge is 0.490 e. The maximum atomic E-state index is 5.69. The van der Waals surface area contributed by atoms with Gasteiger partial charge in [-0.1, -0.05) is 0 Å². The van der Waals surface area contributed by atoms with Gasteiger partial charge < -0.3 is 15.8 Å². The van der Waals surface area contributed by atoms with Crippen molar-refractivity contribution < 1.29 is 4.74 Å². The van der Waals surface area contributed by atoms with Crippen molar-refractivity contribution in [3.63, 3.8) is 0 Å². The highest BCUT2D eigenvalue weighted by atomic mass is 16.5. The molecule has 96 valence electrons. The van der Waals surface area contributed by atoms with Gasteiger partial charge in [0.15, 0.2) is 11.6 Å². The lowest BCUT2D eigenvalue weighted by Gasteiger charge is -2.10. The standard InChI is InChI=1S/C11H16N6O/c1-17-8(4-6-16-17)3-5-13-11-9(18-2)10(12)14-7-15-11/h4,6-7H,3,5H2,1-2H3,(H3,12,13,14,15). The Morgan fingerprint density at radius 1 is 1.44 bits per heavy atom. The third-order valence-electron chi connectivity index (χ3n) is 2.63. The normalized spacial score (nSPS) is 10.3. The molecule has 7 heteroatoms. The van der Waals surface area contributed by atoms with Gasteiger partial charge >= 0.3 is 0 Å². The predicted octanol–water partition coefficient (Wildman–Crippen LogP) is 0.455. The number of aromatic nitrogens is 4. The van der Waals surface area contributed by atoms with Crippen LogP contribution in [-0.2, 0) is 13.5 Å². The molecule has 2 aromatic rings. The first-order valence-electron chi connectivity index (χ1n) is 5.57. The Bertz CT molecular complexity index is 524. The molecule has 7 nitrogen and oxygen atoms in total. The van der Waals surface area contributed by atoms with E-state index in [9.17, 15) is 0 Å². The van der Waals surface area contributed by atoms with Crippen LogP contribution in [0.15, 0.2) is 18.6 Å². The Kier molecular flexibility index (Phi) is 3.61. The second-order valence-corrected chi connectivity index (χ2v) is 3.76. The molecule has 0 bridgehead atoms. The van der Waals surface area contributed by atoms with Crippen molar-refractivity contribution in [2.75, 3.05) is 24.7 Å². The molecular formula is C11H16N6O. The van der Waals surface area contributed by atoms with Crippen LogP contribution < -0.4 is 15.8 Å². The molecular weight excluding hydrogens is 232 g/mol. The van der Waals surface area contributed by atoms with Crippen LogP contribution >= 0.6 is 0 Å². The number of ether oxygens (including phenoxy) is 1. The van der Waals surface area contributed by atoms with Crippen molar-refractivity contribution in [3.8, 4) is 5.75 Å². The molecule has 3 N–H and O–H groups in total. The molecule has 2 heterocycles. The first-order chi connectivity index (χ1) is 8.72. The fraction of sp³-hybridized carbons (Fsp3) is 0.364. The van der Waals surface area contributed by atoms with E-state index in [-0.39, 0.29) is 0 Å². The molecule has 0 unspecified atom stereocenters. The quantitative estimate of drug-likeness (QED) is 0.798. The van der Waals surface area contributed by atoms with Gasteiger partial charge in [-0.2, -0.15) is 5.10 Å². The first kappa shape index (κ1) is 12.2. The molecule has 2 rings (SSSR count). The Hall–Kier alpha value is -2.31. The van der Waals surface area contributed by atoms with Crippen LogP contribution in [0.5, 0.6) is 5.75 Å². The lowest BCUT2D eigenvalue weighted by molar-refractivity contribution is 0.415. The van der Waals surface area contributed by atoms with E-state index in [4.69, 9.17) is 10.5 Å². The lowest BCUT2D eigenvalue weighted by Crippen LogP contribution is -2.11. The molecule has 0 fully saturated rings. The van der Waals surface area contributed by atoms with Crippen LogP contribution in [0, 0.1) is 0 Å². The fourth-order valence-corrected chi connectivity index (χ4v) is 1.67. The van der Waals surface area contributed by atoms with E-state index in [1.54, 1.807) is 13.3 Å². The number of hydrogen-bond acceptors (Lipinski definition) is 6. The minimum atomic E-state index is 0.329. The van der Waals surface area contributed by atoms with E-state index >= 15 is 0 Å². The monoisotopic (exact) mass is 248 g/mol. The summed E-state index contributed by atoms with van der Waals surface area (Å²) < 4.78 is 7.00. The van der Waals surface area contributed by atoms with Gasteiger partial charge in [0.1, 0.15) is 6.33 Å². The van der Waals surface area contributed by atoms with Gasteiger partial charge in [0.2, 0.25) is 5.75 Å². The molecule has 0 aliphatic heterocycles. The van der Waals surface area contributed by atoms with Crippen molar-refractivity contribution in [2.45, 2.75) is 6.42 Å². The van der Waals surface area contributed by atoms with E-state index in [1.165, 1.54) is 6.33 Å². The summed E-state index contributed by atoms with van der Waals surface area (Å²) in [5.74, 6) is 1.41. The van der Waals surface area contributed by atoms with Gasteiger partial charge in [0.25, 0.3) is 0 Å². The molecule has 2 aromatic heterocycles. The Morgan fingerprint density at radius 2 is 2.28 bits per heavy atom. The van der Waals surface area contributed by atoms with E-state index in [1.807, 2.05) is 17.8 Å². The zero-order valence-corrected chi connectivity index (χ0v) is 10.4. The van der Waals surface area contributed by atoms with Gasteiger partial charge in [-0.05, 0) is 6.07 Å². The van der Waals surface area contributed by atoms with E-state index in [0.717, 1.165) is 12.1 Å². The van der Waals surface area contributed by atoms with Crippen LogP contribution in [0.4, 0.5) is 11.6 Å². The van der Waals surface area contributed by atoms with Gasteiger partial charge in [-0.25, -0.2) is 9.97 Å². The van der Waals surface area contributed by atoms with Crippen LogP contribution in [0.25, 0.3) is 0 Å². The number of anilines is 2. The molecule has 0 atom stereocenters. The number of nitrogens with zero attached hydrogens (tertiary/aromatic N) is 4. The van der Waals surface area contributed by atoms with E-state index in [0.29, 0.717) is 23.9 Å². The maximum Gasteiger partial charge on any atom is 0.203 e. The van der Waals surface area contributed by atoms with Gasteiger partial charge in [0.05, 0.1) is 7.11 Å². The molecule has 0 saturated heterocycles. The predicted molar refractivity (Wildman–Crippen MR) is 68.4 cm³/mol. The maximum absolute atomic E-state index is 5.69. The van der Waals surface area contributed by atoms with Gasteiger partial charge in [0, 0.05) is 31.9 Å². The molecule has 0 aliphatic carbocycles. The number of nitrogens with one attached hydrogen (secondary N) is 1. The second kappa shape index (κ2) is 5.35. The Morgan fingerprint density at radius 3 is 2.94 bits per heavy atom. The zero-order chi connectivity index (χ0) is 13.0. The lowest BCUT2D eigenvalue weighted by atomic mass is 10.3. The fourth-order valence-electron chi connectivity index (χ4n) is 1.67. The molecule has 0 amide bonds. The number of nitrogen functional groups attached to an aromatic ring is 1. The summed E-state index contributed by atoms with van der Waals surface area (Å²) >= 11 is 0. The van der Waals surface area contributed by atoms with Crippen molar-refractivity contribution in [1.82, 2.24) is 19.7 Å². The van der Waals surface area contributed by atoms with Crippen molar-refractivity contribution in [1.29, 1.82) is 0 Å². The molecule has 18 heavy (non-hydrogen) atoms. The van der Waals surface area contributed by atoms with E-state index in [2.05, 4.69) is 20.4 Å². The number of aryl methyl sites for hydroxylation is 1. The summed E-state index contributed by atoms with van der Waals surface area (Å²) in [5.41, 5.74) is 6.83. The van der Waals surface area contributed by atoms with Crippen molar-refractivity contribution in [2.24, 2.45) is 7.05 Å². The van der Waals surface area contributed by atoms with Crippen molar-refractivity contribution >= 4 is 11.6 Å². The SMILES string of the molecule is COc1c(N)ncnc1NCCc1ccnn1C. The highest BCUT2D eigenvalue weighted by Gasteiger charge is 2.08. The third-order valence-corrected chi connectivity index (χ3v) is 2.63. The van der Waals surface area contributed by atoms with Crippen molar-refractivity contribution in [3.05, 3.63) is 24.3 Å². The first-order valence-corrected chi connectivity index (χ1v) is 5.57. The summed E-state index contributed by atoms with van der Waals surface area (Å²) in [5, 5.41) is 7.28. The summed E-state index contributed by atoms with van der Waals surface area (Å²) in [4.78, 5) is 7.97. The zero-order valence-electron chi connectivity index (χ0n) is 10.4. The minimum absolute atomic E-state index is 0.329. The summed E-state index contributed by atoms with van der Waals surface area (Å²) in [6, 6.07) is 1.98. The minimum Gasteiger partial charge on any atom is -0.490 e. The Balaban J connectivity index is 1.98. The molecule has 0 saturated carbocycles. The second-order valence-electron chi connectivity index (χ2n) is 3.76. The topological polar surface area (TPSA) is 90.9 Å². The van der Waals surface area contributed by atoms with Gasteiger partial charge in [-0.3, -0.25) is 4.68 Å². The Labute approximate surface area is 105 Å². The average Bonchev–Trinajstić information content (AvgIpc) is 2.75. The number of methoxy groups -OCH3 is 1. The summed E-state index contributed by atoms with van der Waals surface area (Å²) in [6.07, 6.45) is 4.02. The molecule has 0 aromatic carbocycles. The average molecular weight is 248 g/mol. The highest BCUT2D eigenvalue weighted by molar-refractivity contribution is 5.61. The summed E-state index contributed by atoms with van der Waals surface area (Å²) in [6.45, 7) is 0.715.